The van der Waals surface area contributed by atoms with E-state index in [-0.39, 0.29) is 32.0 Å². The average molecular weight is 551 g/mol. The largest absolute Gasteiger partial charge is 0.481 e. The summed E-state index contributed by atoms with van der Waals surface area (Å²) >= 11 is 5.88. The summed E-state index contributed by atoms with van der Waals surface area (Å²) in [5, 5.41) is 20.4. The molecule has 4 amide bonds. The van der Waals surface area contributed by atoms with Gasteiger partial charge in [0.25, 0.3) is 0 Å². The molecule has 0 heterocycles. The maximum absolute atomic E-state index is 12.5. The molecule has 0 radical (unpaired) electrons. The Labute approximate surface area is 232 Å². The van der Waals surface area contributed by atoms with Crippen LogP contribution in [0.3, 0.4) is 0 Å². The maximum atomic E-state index is 12.5. The van der Waals surface area contributed by atoms with E-state index in [2.05, 4.69) is 21.3 Å². The topological polar surface area (TPSA) is 137 Å². The predicted molar refractivity (Wildman–Crippen MR) is 149 cm³/mol. The van der Waals surface area contributed by atoms with Crippen LogP contribution < -0.4 is 21.3 Å². The lowest BCUT2D eigenvalue weighted by atomic mass is 9.99. The van der Waals surface area contributed by atoms with Crippen LogP contribution in [0.4, 0.5) is 4.79 Å². The van der Waals surface area contributed by atoms with Crippen molar-refractivity contribution in [3.63, 3.8) is 0 Å². The highest BCUT2D eigenvalue weighted by atomic mass is 35.5. The van der Waals surface area contributed by atoms with Gasteiger partial charge in [0, 0.05) is 18.0 Å². The molecule has 3 aromatic carbocycles. The van der Waals surface area contributed by atoms with E-state index in [1.54, 1.807) is 24.3 Å². The highest BCUT2D eigenvalue weighted by Gasteiger charge is 2.19. The third-order valence-electron chi connectivity index (χ3n) is 5.94. The molecule has 2 atom stereocenters. The van der Waals surface area contributed by atoms with Crippen molar-refractivity contribution in [3.8, 4) is 11.1 Å². The fraction of sp³-hybridized carbons (Fsp3) is 0.241. The number of nitrogens with one attached hydrogen (secondary N) is 4. The van der Waals surface area contributed by atoms with Crippen LogP contribution in [0, 0.1) is 0 Å². The van der Waals surface area contributed by atoms with Gasteiger partial charge in [0.1, 0.15) is 0 Å². The number of hydrogen-bond donors (Lipinski definition) is 5. The maximum Gasteiger partial charge on any atom is 0.315 e. The van der Waals surface area contributed by atoms with E-state index in [1.807, 2.05) is 61.5 Å². The van der Waals surface area contributed by atoms with Gasteiger partial charge in [0.15, 0.2) is 0 Å². The molecule has 10 heteroatoms. The Hall–Kier alpha value is -4.37. The molecule has 9 nitrogen and oxygen atoms in total. The Morgan fingerprint density at radius 1 is 0.769 bits per heavy atom. The second-order valence-corrected chi connectivity index (χ2v) is 9.34. The molecule has 0 aromatic heterocycles. The quantitative estimate of drug-likeness (QED) is 0.230. The fourth-order valence-corrected chi connectivity index (χ4v) is 3.98. The highest BCUT2D eigenvalue weighted by molar-refractivity contribution is 6.30. The summed E-state index contributed by atoms with van der Waals surface area (Å²) in [7, 11) is 0. The van der Waals surface area contributed by atoms with Crippen molar-refractivity contribution in [3.05, 3.63) is 95.0 Å². The molecule has 2 unspecified atom stereocenters. The number of benzene rings is 3. The second-order valence-electron chi connectivity index (χ2n) is 8.91. The lowest BCUT2D eigenvalue weighted by Gasteiger charge is -2.18. The van der Waals surface area contributed by atoms with Crippen molar-refractivity contribution >= 4 is 35.4 Å². The summed E-state index contributed by atoms with van der Waals surface area (Å²) < 4.78 is 0. The van der Waals surface area contributed by atoms with Gasteiger partial charge in [-0.25, -0.2) is 4.79 Å². The molecule has 0 saturated heterocycles. The first-order valence-electron chi connectivity index (χ1n) is 12.4. The van der Waals surface area contributed by atoms with E-state index in [1.165, 1.54) is 0 Å². The third kappa shape index (κ3) is 9.79. The Morgan fingerprint density at radius 3 is 2.03 bits per heavy atom. The molecule has 0 bridgehead atoms. The lowest BCUT2D eigenvalue weighted by molar-refractivity contribution is -0.138. The number of amides is 4. The van der Waals surface area contributed by atoms with Crippen molar-refractivity contribution in [1.29, 1.82) is 0 Å². The highest BCUT2D eigenvalue weighted by Crippen LogP contribution is 2.23. The normalized spacial score (nSPS) is 12.1. The van der Waals surface area contributed by atoms with Gasteiger partial charge in [-0.1, -0.05) is 78.3 Å². The molecule has 5 N–H and O–H groups in total. The molecular weight excluding hydrogens is 520 g/mol. The molecule has 204 valence electrons. The smallest absolute Gasteiger partial charge is 0.315 e. The molecule has 0 fully saturated rings. The van der Waals surface area contributed by atoms with Crippen molar-refractivity contribution in [2.24, 2.45) is 0 Å². The third-order valence-corrected chi connectivity index (χ3v) is 6.19. The number of carboxylic acids is 1. The number of halogens is 1. The van der Waals surface area contributed by atoms with Crippen LogP contribution in [0.1, 0.15) is 43.0 Å². The Bertz CT molecular complexity index is 1270. The van der Waals surface area contributed by atoms with E-state index >= 15 is 0 Å². The van der Waals surface area contributed by atoms with Gasteiger partial charge in [-0.3, -0.25) is 14.4 Å². The zero-order valence-corrected chi connectivity index (χ0v) is 22.2. The van der Waals surface area contributed by atoms with Crippen LogP contribution in [0.15, 0.2) is 78.9 Å². The van der Waals surface area contributed by atoms with E-state index in [0.29, 0.717) is 10.6 Å². The number of carbonyl (C=O) groups excluding carboxylic acids is 3. The minimum absolute atomic E-state index is 0.0322. The summed E-state index contributed by atoms with van der Waals surface area (Å²) in [5.74, 6) is -2.02. The van der Waals surface area contributed by atoms with E-state index in [0.717, 1.165) is 16.7 Å². The first-order chi connectivity index (χ1) is 18.7. The van der Waals surface area contributed by atoms with Gasteiger partial charge in [-0.15, -0.1) is 0 Å². The number of rotatable bonds is 12. The van der Waals surface area contributed by atoms with Crippen molar-refractivity contribution in [2.45, 2.75) is 31.8 Å². The Balaban J connectivity index is 1.42. The first-order valence-corrected chi connectivity index (χ1v) is 12.8. The lowest BCUT2D eigenvalue weighted by Crippen LogP contribution is -2.41. The number of aliphatic carboxylic acids is 1. The van der Waals surface area contributed by atoms with Crippen molar-refractivity contribution in [1.82, 2.24) is 21.3 Å². The van der Waals surface area contributed by atoms with Gasteiger partial charge in [0.2, 0.25) is 11.8 Å². The van der Waals surface area contributed by atoms with Crippen LogP contribution in [0.2, 0.25) is 5.02 Å². The van der Waals surface area contributed by atoms with Crippen LogP contribution >= 0.6 is 11.6 Å². The molecule has 0 aliphatic heterocycles. The zero-order valence-electron chi connectivity index (χ0n) is 21.4. The van der Waals surface area contributed by atoms with E-state index in [9.17, 15) is 24.3 Å². The van der Waals surface area contributed by atoms with Gasteiger partial charge in [-0.2, -0.15) is 0 Å². The molecular formula is C29H31ClN4O5. The van der Waals surface area contributed by atoms with E-state index < -0.39 is 29.9 Å². The second kappa shape index (κ2) is 14.5. The number of urea groups is 1. The SMILES string of the molecule is CC(NC(=O)NCCC(=O)NCC(=O)NC(CC(=O)O)c1ccc(-c2ccccc2)cc1)c1ccc(Cl)cc1. The molecule has 3 rings (SSSR count). The predicted octanol–water partition coefficient (Wildman–Crippen LogP) is 4.21. The first kappa shape index (κ1) is 29.2. The molecule has 0 aliphatic carbocycles. The number of carboxylic acid groups (broad SMARTS) is 1. The van der Waals surface area contributed by atoms with E-state index in [4.69, 9.17) is 11.6 Å². The van der Waals surface area contributed by atoms with Crippen molar-refractivity contribution < 1.29 is 24.3 Å². The van der Waals surface area contributed by atoms with Gasteiger partial charge in [0.05, 0.1) is 25.0 Å². The number of hydrogen-bond acceptors (Lipinski definition) is 4. The molecule has 39 heavy (non-hydrogen) atoms. The number of carbonyl (C=O) groups is 4. The van der Waals surface area contributed by atoms with Crippen molar-refractivity contribution in [2.75, 3.05) is 13.1 Å². The summed E-state index contributed by atoms with van der Waals surface area (Å²) in [6.45, 7) is 1.57. The van der Waals surface area contributed by atoms with Gasteiger partial charge in [-0.05, 0) is 41.3 Å². The standard InChI is InChI=1S/C29H31ClN4O5/c1-19(20-11-13-24(30)14-12-20)33-29(39)31-16-15-26(35)32-18-27(36)34-25(17-28(37)38)23-9-7-22(8-10-23)21-5-3-2-4-6-21/h2-14,19,25H,15-18H2,1H3,(H,32,35)(H,34,36)(H,37,38)(H2,31,33,39). The van der Waals surface area contributed by atoms with Gasteiger partial charge >= 0.3 is 12.0 Å². The zero-order chi connectivity index (χ0) is 28.2. The minimum Gasteiger partial charge on any atom is -0.481 e. The summed E-state index contributed by atoms with van der Waals surface area (Å²) in [4.78, 5) is 48.1. The summed E-state index contributed by atoms with van der Waals surface area (Å²) in [5.41, 5.74) is 3.51. The summed E-state index contributed by atoms with van der Waals surface area (Å²) in [6.07, 6.45) is -0.340. The average Bonchev–Trinajstić information content (AvgIpc) is 2.92. The monoisotopic (exact) mass is 550 g/mol. The Morgan fingerprint density at radius 2 is 1.38 bits per heavy atom. The molecule has 0 saturated carbocycles. The minimum atomic E-state index is -1.06. The molecule has 0 spiro atoms. The molecule has 3 aromatic rings. The van der Waals surface area contributed by atoms with Crippen LogP contribution in [0.5, 0.6) is 0 Å². The van der Waals surface area contributed by atoms with Crippen LogP contribution in [-0.4, -0.2) is 42.0 Å². The summed E-state index contributed by atoms with van der Waals surface area (Å²) in [6, 6.07) is 22.7. The van der Waals surface area contributed by atoms with Crippen LogP contribution in [-0.2, 0) is 14.4 Å². The van der Waals surface area contributed by atoms with Gasteiger partial charge < -0.3 is 26.4 Å². The van der Waals surface area contributed by atoms with Crippen LogP contribution in [0.25, 0.3) is 11.1 Å². The Kier molecular flexibility index (Phi) is 10.9. The molecule has 0 aliphatic rings. The fourth-order valence-electron chi connectivity index (χ4n) is 3.85.